The van der Waals surface area contributed by atoms with E-state index in [1.54, 1.807) is 0 Å². The molecular weight excluding hydrogens is 272 g/mol. The first-order valence-corrected chi connectivity index (χ1v) is 6.76. The molecule has 0 radical (unpaired) electrons. The molecule has 7 nitrogen and oxygen atoms in total. The fourth-order valence-electron chi connectivity index (χ4n) is 1.22. The predicted octanol–water partition coefficient (Wildman–Crippen LogP) is 0.349. The average molecular weight is 283 g/mol. The molecule has 0 amide bonds. The van der Waals surface area contributed by atoms with Gasteiger partial charge in [0.1, 0.15) is 5.69 Å². The summed E-state index contributed by atoms with van der Waals surface area (Å²) < 4.78 is 48.4. The van der Waals surface area contributed by atoms with Crippen molar-refractivity contribution in [3.05, 3.63) is 11.4 Å². The smallest absolute Gasteiger partial charge is 0.358 e. The molecule has 1 aromatic rings. The van der Waals surface area contributed by atoms with E-state index in [0.717, 1.165) is 0 Å². The van der Waals surface area contributed by atoms with E-state index in [1.807, 2.05) is 0 Å². The van der Waals surface area contributed by atoms with Gasteiger partial charge in [-0.1, -0.05) is 12.1 Å². The summed E-state index contributed by atoms with van der Waals surface area (Å²) in [7, 11) is -3.35. The topological polar surface area (TPSA) is 102 Å². The first-order valence-electron chi connectivity index (χ1n) is 4.93. The van der Waals surface area contributed by atoms with Gasteiger partial charge in [-0.2, -0.15) is 0 Å². The summed E-state index contributed by atoms with van der Waals surface area (Å²) in [5, 5.41) is 15.0. The number of hydrogen-bond acceptors (Lipinski definition) is 5. The van der Waals surface area contributed by atoms with Gasteiger partial charge in [0.15, 0.2) is 15.5 Å². The van der Waals surface area contributed by atoms with Crippen LogP contribution in [0.25, 0.3) is 0 Å². The van der Waals surface area contributed by atoms with Crippen molar-refractivity contribution in [3.63, 3.8) is 0 Å². The molecule has 0 unspecified atom stereocenters. The highest BCUT2D eigenvalue weighted by atomic mass is 32.2. The zero-order valence-corrected chi connectivity index (χ0v) is 10.2. The summed E-state index contributed by atoms with van der Waals surface area (Å²) in [6.07, 6.45) is -3.09. The van der Waals surface area contributed by atoms with E-state index >= 15 is 0 Å². The third-order valence-corrected chi connectivity index (χ3v) is 3.92. The second kappa shape index (κ2) is 5.38. The monoisotopic (exact) mass is 283 g/mol. The van der Waals surface area contributed by atoms with Crippen molar-refractivity contribution in [1.29, 1.82) is 0 Å². The summed E-state index contributed by atoms with van der Waals surface area (Å²) in [5.41, 5.74) is -1.74. The van der Waals surface area contributed by atoms with E-state index in [-0.39, 0.29) is 12.3 Å². The van der Waals surface area contributed by atoms with E-state index < -0.39 is 39.4 Å². The van der Waals surface area contributed by atoms with Gasteiger partial charge in [0, 0.05) is 5.75 Å². The number of sulfone groups is 1. The highest BCUT2D eigenvalue weighted by Crippen LogP contribution is 2.21. The lowest BCUT2D eigenvalue weighted by Gasteiger charge is -2.05. The van der Waals surface area contributed by atoms with Crippen LogP contribution in [0.2, 0.25) is 0 Å². The molecule has 1 rings (SSSR count). The first-order chi connectivity index (χ1) is 8.28. The number of alkyl halides is 2. The summed E-state index contributed by atoms with van der Waals surface area (Å²) in [4.78, 5) is 10.6. The van der Waals surface area contributed by atoms with Crippen LogP contribution in [0, 0.1) is 0 Å². The van der Waals surface area contributed by atoms with Crippen molar-refractivity contribution in [2.45, 2.75) is 19.9 Å². The van der Waals surface area contributed by atoms with Gasteiger partial charge in [0.05, 0.1) is 12.3 Å². The Bertz CT molecular complexity index is 541. The van der Waals surface area contributed by atoms with E-state index in [2.05, 4.69) is 10.3 Å². The van der Waals surface area contributed by atoms with Gasteiger partial charge >= 0.3 is 5.97 Å². The molecule has 0 aliphatic heterocycles. The van der Waals surface area contributed by atoms with Crippen LogP contribution >= 0.6 is 0 Å². The van der Waals surface area contributed by atoms with Crippen molar-refractivity contribution in [3.8, 4) is 0 Å². The van der Waals surface area contributed by atoms with Crippen LogP contribution in [0.5, 0.6) is 0 Å². The fraction of sp³-hybridized carbons (Fsp3) is 0.625. The SMILES string of the molecule is CCS(=O)(=O)CCn1nnc(C(=O)O)c1C(F)F. The predicted molar refractivity (Wildman–Crippen MR) is 56.3 cm³/mol. The minimum atomic E-state index is -3.35. The Morgan fingerprint density at radius 1 is 1.50 bits per heavy atom. The molecule has 102 valence electrons. The van der Waals surface area contributed by atoms with Crippen molar-refractivity contribution in [2.75, 3.05) is 11.5 Å². The molecule has 1 N–H and O–H groups in total. The molecule has 0 spiro atoms. The number of aryl methyl sites for hydroxylation is 1. The van der Waals surface area contributed by atoms with E-state index in [4.69, 9.17) is 5.11 Å². The molecule has 1 aromatic heterocycles. The van der Waals surface area contributed by atoms with Gasteiger partial charge in [0.2, 0.25) is 0 Å². The molecule has 0 aromatic carbocycles. The Morgan fingerprint density at radius 2 is 2.11 bits per heavy atom. The summed E-state index contributed by atoms with van der Waals surface area (Å²) in [6, 6.07) is 0. The van der Waals surface area contributed by atoms with Crippen LogP contribution < -0.4 is 0 Å². The van der Waals surface area contributed by atoms with Gasteiger partial charge < -0.3 is 5.11 Å². The third-order valence-electron chi connectivity index (χ3n) is 2.24. The first kappa shape index (κ1) is 14.5. The molecule has 0 saturated heterocycles. The van der Waals surface area contributed by atoms with E-state index in [1.165, 1.54) is 6.92 Å². The Morgan fingerprint density at radius 3 is 2.56 bits per heavy atom. The van der Waals surface area contributed by atoms with E-state index in [0.29, 0.717) is 4.68 Å². The number of carbonyl (C=O) groups is 1. The molecule has 0 aliphatic carbocycles. The average Bonchev–Trinajstić information content (AvgIpc) is 2.70. The maximum absolute atomic E-state index is 12.7. The molecular formula is C8H11F2N3O4S. The number of nitrogens with zero attached hydrogens (tertiary/aromatic N) is 3. The van der Waals surface area contributed by atoms with Gasteiger partial charge in [0.25, 0.3) is 6.43 Å². The number of rotatable bonds is 6. The van der Waals surface area contributed by atoms with Crippen molar-refractivity contribution in [2.24, 2.45) is 0 Å². The molecule has 10 heteroatoms. The number of carboxylic acid groups (broad SMARTS) is 1. The second-order valence-corrected chi connectivity index (χ2v) is 5.86. The second-order valence-electron chi connectivity index (χ2n) is 3.39. The van der Waals surface area contributed by atoms with Crippen LogP contribution in [0.1, 0.15) is 29.5 Å². The lowest BCUT2D eigenvalue weighted by atomic mass is 10.3. The Labute approximate surface area is 101 Å². The zero-order chi connectivity index (χ0) is 13.9. The number of carboxylic acids is 1. The fourth-order valence-corrected chi connectivity index (χ4v) is 1.96. The van der Waals surface area contributed by atoms with Crippen LogP contribution in [-0.4, -0.2) is 46.0 Å². The highest BCUT2D eigenvalue weighted by molar-refractivity contribution is 7.91. The van der Waals surface area contributed by atoms with Gasteiger partial charge in [-0.15, -0.1) is 5.10 Å². The van der Waals surface area contributed by atoms with Gasteiger partial charge in [-0.25, -0.2) is 26.7 Å². The normalized spacial score (nSPS) is 12.0. The third kappa shape index (κ3) is 3.22. The van der Waals surface area contributed by atoms with Crippen molar-refractivity contribution >= 4 is 15.8 Å². The molecule has 0 atom stereocenters. The molecule has 0 saturated carbocycles. The number of aromatic carboxylic acids is 1. The standard InChI is InChI=1S/C8H11F2N3O4S/c1-2-18(16,17)4-3-13-6(7(9)10)5(8(14)15)11-12-13/h7H,2-4H2,1H3,(H,14,15). The van der Waals surface area contributed by atoms with Crippen LogP contribution in [0.15, 0.2) is 0 Å². The Balaban J connectivity index is 3.00. The molecule has 0 bridgehead atoms. The van der Waals surface area contributed by atoms with Gasteiger partial charge in [-0.05, 0) is 0 Å². The van der Waals surface area contributed by atoms with Crippen LogP contribution in [-0.2, 0) is 16.4 Å². The lowest BCUT2D eigenvalue weighted by Crippen LogP contribution is -2.17. The molecule has 0 aliphatic rings. The number of hydrogen-bond donors (Lipinski definition) is 1. The van der Waals surface area contributed by atoms with Crippen molar-refractivity contribution < 1.29 is 27.1 Å². The largest absolute Gasteiger partial charge is 0.476 e. The quantitative estimate of drug-likeness (QED) is 0.808. The van der Waals surface area contributed by atoms with Crippen LogP contribution in [0.4, 0.5) is 8.78 Å². The van der Waals surface area contributed by atoms with Crippen molar-refractivity contribution in [1.82, 2.24) is 15.0 Å². The minimum absolute atomic E-state index is 0.127. The Kier molecular flexibility index (Phi) is 4.33. The number of aromatic nitrogens is 3. The maximum Gasteiger partial charge on any atom is 0.358 e. The summed E-state index contributed by atoms with van der Waals surface area (Å²) >= 11 is 0. The molecule has 1 heterocycles. The minimum Gasteiger partial charge on any atom is -0.476 e. The van der Waals surface area contributed by atoms with Gasteiger partial charge in [-0.3, -0.25) is 0 Å². The summed E-state index contributed by atoms with van der Waals surface area (Å²) in [6.45, 7) is 1.07. The zero-order valence-electron chi connectivity index (χ0n) is 9.38. The molecule has 18 heavy (non-hydrogen) atoms. The highest BCUT2D eigenvalue weighted by Gasteiger charge is 2.26. The molecule has 0 fully saturated rings. The number of halogens is 2. The maximum atomic E-state index is 12.7. The van der Waals surface area contributed by atoms with E-state index in [9.17, 15) is 22.0 Å². The summed E-state index contributed by atoms with van der Waals surface area (Å²) in [5.74, 6) is -2.15. The van der Waals surface area contributed by atoms with Crippen LogP contribution in [0.3, 0.4) is 0 Å². The Hall–Kier alpha value is -1.58. The lowest BCUT2D eigenvalue weighted by molar-refractivity contribution is 0.0675.